The molecule has 0 saturated heterocycles. The highest BCUT2D eigenvalue weighted by Crippen LogP contribution is 2.15. The second-order valence-electron chi connectivity index (χ2n) is 4.26. The van der Waals surface area contributed by atoms with Crippen LogP contribution in [0.2, 0.25) is 0 Å². The van der Waals surface area contributed by atoms with E-state index in [1.165, 1.54) is 0 Å². The Labute approximate surface area is 117 Å². The van der Waals surface area contributed by atoms with Crippen molar-refractivity contribution in [1.82, 2.24) is 4.72 Å². The van der Waals surface area contributed by atoms with Crippen molar-refractivity contribution in [3.8, 4) is 0 Å². The molecule has 1 heterocycles. The van der Waals surface area contributed by atoms with Crippen molar-refractivity contribution in [3.05, 3.63) is 51.7 Å². The minimum absolute atomic E-state index is 0.253. The van der Waals surface area contributed by atoms with Gasteiger partial charge in [-0.25, -0.2) is 13.1 Å². The fourth-order valence-corrected chi connectivity index (χ4v) is 3.60. The van der Waals surface area contributed by atoms with E-state index in [1.807, 2.05) is 23.8 Å². The molecule has 0 unspecified atom stereocenters. The van der Waals surface area contributed by atoms with E-state index in [9.17, 15) is 8.42 Å². The predicted octanol–water partition coefficient (Wildman–Crippen LogP) is 1.99. The first-order chi connectivity index (χ1) is 9.03. The monoisotopic (exact) mass is 296 g/mol. The summed E-state index contributed by atoms with van der Waals surface area (Å²) in [5.41, 5.74) is 8.42. The van der Waals surface area contributed by atoms with Crippen LogP contribution in [0.3, 0.4) is 0 Å². The van der Waals surface area contributed by atoms with Gasteiger partial charge in [-0.2, -0.15) is 11.3 Å². The van der Waals surface area contributed by atoms with E-state index in [0.29, 0.717) is 13.1 Å². The number of thiophene rings is 1. The molecule has 0 spiro atoms. The molecule has 2 aromatic rings. The molecule has 19 heavy (non-hydrogen) atoms. The molecular weight excluding hydrogens is 280 g/mol. The van der Waals surface area contributed by atoms with Crippen LogP contribution in [0.25, 0.3) is 0 Å². The van der Waals surface area contributed by atoms with Crippen LogP contribution in [-0.4, -0.2) is 8.42 Å². The Morgan fingerprint density at radius 2 is 2.11 bits per heavy atom. The van der Waals surface area contributed by atoms with Crippen molar-refractivity contribution in [3.63, 3.8) is 0 Å². The highest BCUT2D eigenvalue weighted by molar-refractivity contribution is 7.89. The van der Waals surface area contributed by atoms with Gasteiger partial charge in [-0.3, -0.25) is 0 Å². The maximum Gasteiger partial charge on any atom is 0.240 e. The first-order valence-corrected chi connectivity index (χ1v) is 8.26. The Kier molecular flexibility index (Phi) is 4.36. The second kappa shape index (κ2) is 5.83. The smallest absolute Gasteiger partial charge is 0.240 e. The Bertz CT molecular complexity index is 663. The number of sulfonamides is 1. The zero-order valence-electron chi connectivity index (χ0n) is 10.6. The minimum atomic E-state index is -3.49. The molecule has 0 aliphatic carbocycles. The Hall–Kier alpha value is -1.21. The first-order valence-electron chi connectivity index (χ1n) is 5.83. The van der Waals surface area contributed by atoms with E-state index >= 15 is 0 Å². The topological polar surface area (TPSA) is 72.2 Å². The molecule has 2 rings (SSSR count). The van der Waals surface area contributed by atoms with Crippen LogP contribution in [0.15, 0.2) is 39.9 Å². The first kappa shape index (κ1) is 14.2. The molecule has 1 aromatic carbocycles. The third kappa shape index (κ3) is 3.42. The molecule has 3 N–H and O–H groups in total. The molecule has 0 saturated carbocycles. The quantitative estimate of drug-likeness (QED) is 0.886. The lowest BCUT2D eigenvalue weighted by Crippen LogP contribution is -2.23. The minimum Gasteiger partial charge on any atom is -0.326 e. The van der Waals surface area contributed by atoms with E-state index in [-0.39, 0.29) is 4.90 Å². The number of hydrogen-bond donors (Lipinski definition) is 2. The van der Waals surface area contributed by atoms with E-state index < -0.39 is 10.0 Å². The lowest BCUT2D eigenvalue weighted by Gasteiger charge is -2.07. The van der Waals surface area contributed by atoms with Gasteiger partial charge in [0.2, 0.25) is 10.0 Å². The van der Waals surface area contributed by atoms with Crippen LogP contribution < -0.4 is 10.5 Å². The Balaban J connectivity index is 2.16. The van der Waals surface area contributed by atoms with Gasteiger partial charge in [0, 0.05) is 13.1 Å². The van der Waals surface area contributed by atoms with Gasteiger partial charge in [-0.1, -0.05) is 12.1 Å². The number of aryl methyl sites for hydroxylation is 1. The second-order valence-corrected chi connectivity index (χ2v) is 6.77. The summed E-state index contributed by atoms with van der Waals surface area (Å²) in [4.78, 5) is 0.253. The standard InChI is InChI=1S/C13H16N2O2S2/c1-10-8-18-9-12(10)7-15-19(16,17)13-4-2-3-11(5-13)6-14/h2-5,8-9,15H,6-7,14H2,1H3. The van der Waals surface area contributed by atoms with Crippen molar-refractivity contribution in [2.75, 3.05) is 0 Å². The molecule has 102 valence electrons. The van der Waals surface area contributed by atoms with Gasteiger partial charge < -0.3 is 5.73 Å². The fourth-order valence-electron chi connectivity index (χ4n) is 1.66. The summed E-state index contributed by atoms with van der Waals surface area (Å²) in [6.07, 6.45) is 0. The van der Waals surface area contributed by atoms with Gasteiger partial charge in [0.05, 0.1) is 4.90 Å². The maximum absolute atomic E-state index is 12.2. The van der Waals surface area contributed by atoms with Crippen molar-refractivity contribution in [2.24, 2.45) is 5.73 Å². The molecule has 0 aliphatic rings. The van der Waals surface area contributed by atoms with Crippen LogP contribution >= 0.6 is 11.3 Å². The number of hydrogen-bond acceptors (Lipinski definition) is 4. The molecule has 0 radical (unpaired) electrons. The third-order valence-electron chi connectivity index (χ3n) is 2.86. The third-order valence-corrected chi connectivity index (χ3v) is 5.17. The molecule has 6 heteroatoms. The number of nitrogens with one attached hydrogen (secondary N) is 1. The molecule has 0 atom stereocenters. The number of rotatable bonds is 5. The summed E-state index contributed by atoms with van der Waals surface area (Å²) in [6, 6.07) is 6.68. The van der Waals surface area contributed by atoms with Crippen LogP contribution in [0.5, 0.6) is 0 Å². The summed E-state index contributed by atoms with van der Waals surface area (Å²) in [7, 11) is -3.49. The number of nitrogens with two attached hydrogens (primary N) is 1. The Morgan fingerprint density at radius 3 is 2.74 bits per heavy atom. The van der Waals surface area contributed by atoms with Crippen LogP contribution in [0.4, 0.5) is 0 Å². The molecule has 1 aromatic heterocycles. The van der Waals surface area contributed by atoms with E-state index in [0.717, 1.165) is 16.7 Å². The van der Waals surface area contributed by atoms with E-state index in [1.54, 1.807) is 29.5 Å². The highest BCUT2D eigenvalue weighted by Gasteiger charge is 2.14. The van der Waals surface area contributed by atoms with Crippen LogP contribution in [0.1, 0.15) is 16.7 Å². The zero-order chi connectivity index (χ0) is 13.9. The summed E-state index contributed by atoms with van der Waals surface area (Å²) in [6.45, 7) is 2.60. The average molecular weight is 296 g/mol. The molecule has 0 fully saturated rings. The fraction of sp³-hybridized carbons (Fsp3) is 0.231. The van der Waals surface area contributed by atoms with Crippen molar-refractivity contribution in [1.29, 1.82) is 0 Å². The maximum atomic E-state index is 12.2. The summed E-state index contributed by atoms with van der Waals surface area (Å²) in [5, 5.41) is 3.95. The van der Waals surface area contributed by atoms with E-state index in [4.69, 9.17) is 5.73 Å². The van der Waals surface area contributed by atoms with Crippen molar-refractivity contribution < 1.29 is 8.42 Å². The van der Waals surface area contributed by atoms with Gasteiger partial charge in [0.15, 0.2) is 0 Å². The molecule has 0 aliphatic heterocycles. The lowest BCUT2D eigenvalue weighted by molar-refractivity contribution is 0.581. The summed E-state index contributed by atoms with van der Waals surface area (Å²) < 4.78 is 26.9. The van der Waals surface area contributed by atoms with Gasteiger partial charge >= 0.3 is 0 Å². The normalized spacial score (nSPS) is 11.7. The molecule has 0 amide bonds. The predicted molar refractivity (Wildman–Crippen MR) is 77.4 cm³/mol. The van der Waals surface area contributed by atoms with Crippen molar-refractivity contribution in [2.45, 2.75) is 24.9 Å². The van der Waals surface area contributed by atoms with Gasteiger partial charge in [0.1, 0.15) is 0 Å². The van der Waals surface area contributed by atoms with Crippen LogP contribution in [0, 0.1) is 6.92 Å². The summed E-state index contributed by atoms with van der Waals surface area (Å²) in [5.74, 6) is 0. The van der Waals surface area contributed by atoms with Gasteiger partial charge in [0.25, 0.3) is 0 Å². The molecule has 4 nitrogen and oxygen atoms in total. The number of benzene rings is 1. The summed E-state index contributed by atoms with van der Waals surface area (Å²) >= 11 is 1.57. The van der Waals surface area contributed by atoms with Crippen molar-refractivity contribution >= 4 is 21.4 Å². The van der Waals surface area contributed by atoms with E-state index in [2.05, 4.69) is 4.72 Å². The average Bonchev–Trinajstić information content (AvgIpc) is 2.82. The SMILES string of the molecule is Cc1cscc1CNS(=O)(=O)c1cccc(CN)c1. The highest BCUT2D eigenvalue weighted by atomic mass is 32.2. The Morgan fingerprint density at radius 1 is 1.32 bits per heavy atom. The molecular formula is C13H16N2O2S2. The zero-order valence-corrected chi connectivity index (χ0v) is 12.2. The largest absolute Gasteiger partial charge is 0.326 e. The van der Waals surface area contributed by atoms with Gasteiger partial charge in [-0.15, -0.1) is 0 Å². The lowest BCUT2D eigenvalue weighted by atomic mass is 10.2. The molecule has 0 bridgehead atoms. The van der Waals surface area contributed by atoms with Gasteiger partial charge in [-0.05, 0) is 46.5 Å². The van der Waals surface area contributed by atoms with Crippen LogP contribution in [-0.2, 0) is 23.1 Å².